The second-order valence-corrected chi connectivity index (χ2v) is 5.48. The van der Waals surface area contributed by atoms with E-state index < -0.39 is 23.7 Å². The normalized spacial score (nSPS) is 12.2. The van der Waals surface area contributed by atoms with Gasteiger partial charge in [-0.05, 0) is 20.8 Å². The quantitative estimate of drug-likeness (QED) is 0.812. The maximum Gasteiger partial charge on any atom is 0.408 e. The van der Waals surface area contributed by atoms with Gasteiger partial charge in [-0.3, -0.25) is 4.98 Å². The van der Waals surface area contributed by atoms with Crippen molar-refractivity contribution >= 4 is 12.1 Å². The molecule has 1 aromatic rings. The fraction of sp³-hybridized carbons (Fsp3) is 0.571. The van der Waals surface area contributed by atoms with Crippen LogP contribution in [0.4, 0.5) is 4.79 Å². The standard InChI is InChI=1S/C14H21N3O5/c1-14(2,3)22-13(19)17-10(12(18)21-5)6-9-7-16-11(20-4)8-15-9/h7-8,10H,6H2,1-5H3,(H,17,19)/t10-/m0/s1. The van der Waals surface area contributed by atoms with Crippen LogP contribution in [0.25, 0.3) is 0 Å². The number of rotatable bonds is 5. The van der Waals surface area contributed by atoms with Crippen LogP contribution in [0.15, 0.2) is 12.4 Å². The summed E-state index contributed by atoms with van der Waals surface area (Å²) >= 11 is 0. The Balaban J connectivity index is 2.75. The van der Waals surface area contributed by atoms with E-state index in [9.17, 15) is 9.59 Å². The molecule has 1 heterocycles. The molecule has 0 radical (unpaired) electrons. The first-order chi connectivity index (χ1) is 10.2. The van der Waals surface area contributed by atoms with E-state index >= 15 is 0 Å². The van der Waals surface area contributed by atoms with E-state index in [-0.39, 0.29) is 6.42 Å². The van der Waals surface area contributed by atoms with Crippen molar-refractivity contribution in [3.63, 3.8) is 0 Å². The Morgan fingerprint density at radius 2 is 1.91 bits per heavy atom. The van der Waals surface area contributed by atoms with Gasteiger partial charge in [0, 0.05) is 6.42 Å². The summed E-state index contributed by atoms with van der Waals surface area (Å²) in [6, 6.07) is -0.914. The molecular formula is C14H21N3O5. The number of alkyl carbamates (subject to hydrolysis) is 1. The van der Waals surface area contributed by atoms with Crippen molar-refractivity contribution in [1.82, 2.24) is 15.3 Å². The molecule has 0 aromatic carbocycles. The monoisotopic (exact) mass is 311 g/mol. The zero-order valence-electron chi connectivity index (χ0n) is 13.4. The average Bonchev–Trinajstić information content (AvgIpc) is 2.44. The van der Waals surface area contributed by atoms with Gasteiger partial charge in [-0.15, -0.1) is 0 Å². The van der Waals surface area contributed by atoms with E-state index in [1.54, 1.807) is 20.8 Å². The number of methoxy groups -OCH3 is 2. The van der Waals surface area contributed by atoms with Crippen molar-refractivity contribution in [3.8, 4) is 5.88 Å². The minimum atomic E-state index is -0.914. The van der Waals surface area contributed by atoms with Crippen molar-refractivity contribution in [2.75, 3.05) is 14.2 Å². The molecule has 22 heavy (non-hydrogen) atoms. The Labute approximate surface area is 129 Å². The molecule has 0 aliphatic carbocycles. The highest BCUT2D eigenvalue weighted by molar-refractivity contribution is 5.81. The SMILES string of the molecule is COC(=O)[C@H](Cc1cnc(OC)cn1)NC(=O)OC(C)(C)C. The number of amides is 1. The predicted octanol–water partition coefficient (Wildman–Crippen LogP) is 1.09. The molecule has 1 amide bonds. The minimum Gasteiger partial charge on any atom is -0.480 e. The maximum atomic E-state index is 11.8. The Bertz CT molecular complexity index is 510. The summed E-state index contributed by atoms with van der Waals surface area (Å²) in [6.45, 7) is 5.19. The Morgan fingerprint density at radius 1 is 1.23 bits per heavy atom. The van der Waals surface area contributed by atoms with Gasteiger partial charge in [0.05, 0.1) is 32.3 Å². The van der Waals surface area contributed by atoms with Gasteiger partial charge >= 0.3 is 12.1 Å². The van der Waals surface area contributed by atoms with Crippen LogP contribution in [0.2, 0.25) is 0 Å². The van der Waals surface area contributed by atoms with E-state index in [1.165, 1.54) is 26.6 Å². The number of hydrogen-bond donors (Lipinski definition) is 1. The zero-order chi connectivity index (χ0) is 16.8. The fourth-order valence-electron chi connectivity index (χ4n) is 1.55. The molecule has 0 spiro atoms. The Hall–Kier alpha value is -2.38. The van der Waals surface area contributed by atoms with E-state index in [4.69, 9.17) is 9.47 Å². The summed E-state index contributed by atoms with van der Waals surface area (Å²) in [5, 5.41) is 2.47. The van der Waals surface area contributed by atoms with Crippen molar-refractivity contribution in [3.05, 3.63) is 18.1 Å². The van der Waals surface area contributed by atoms with E-state index in [0.29, 0.717) is 11.6 Å². The molecule has 1 aromatic heterocycles. The number of carbonyl (C=O) groups excluding carboxylic acids is 2. The molecule has 0 fully saturated rings. The summed E-state index contributed by atoms with van der Waals surface area (Å²) in [5.41, 5.74) is -0.155. The average molecular weight is 311 g/mol. The first-order valence-electron chi connectivity index (χ1n) is 6.67. The molecule has 8 heteroatoms. The van der Waals surface area contributed by atoms with Gasteiger partial charge in [-0.1, -0.05) is 0 Å². The van der Waals surface area contributed by atoms with Crippen LogP contribution in [0, 0.1) is 0 Å². The zero-order valence-corrected chi connectivity index (χ0v) is 13.4. The number of nitrogens with zero attached hydrogens (tertiary/aromatic N) is 2. The second-order valence-electron chi connectivity index (χ2n) is 5.48. The lowest BCUT2D eigenvalue weighted by molar-refractivity contribution is -0.143. The molecule has 0 aliphatic rings. The lowest BCUT2D eigenvalue weighted by Gasteiger charge is -2.22. The molecule has 0 bridgehead atoms. The van der Waals surface area contributed by atoms with Gasteiger partial charge in [-0.25, -0.2) is 14.6 Å². The van der Waals surface area contributed by atoms with Crippen LogP contribution in [0.5, 0.6) is 5.88 Å². The smallest absolute Gasteiger partial charge is 0.408 e. The first kappa shape index (κ1) is 17.7. The van der Waals surface area contributed by atoms with Gasteiger partial charge in [0.15, 0.2) is 0 Å². The van der Waals surface area contributed by atoms with Crippen LogP contribution in [-0.2, 0) is 20.7 Å². The molecule has 0 saturated carbocycles. The van der Waals surface area contributed by atoms with Crippen LogP contribution in [-0.4, -0.2) is 47.9 Å². The van der Waals surface area contributed by atoms with E-state index in [1.807, 2.05) is 0 Å². The first-order valence-corrected chi connectivity index (χ1v) is 6.67. The summed E-state index contributed by atoms with van der Waals surface area (Å²) in [6.07, 6.45) is 2.32. The molecule has 122 valence electrons. The molecule has 1 N–H and O–H groups in total. The molecule has 1 atom stereocenters. The number of carbonyl (C=O) groups is 2. The molecule has 8 nitrogen and oxygen atoms in total. The fourth-order valence-corrected chi connectivity index (χ4v) is 1.55. The highest BCUT2D eigenvalue weighted by Gasteiger charge is 2.25. The summed E-state index contributed by atoms with van der Waals surface area (Å²) in [5.74, 6) is -0.234. The van der Waals surface area contributed by atoms with Gasteiger partial charge in [0.1, 0.15) is 11.6 Å². The van der Waals surface area contributed by atoms with Crippen molar-refractivity contribution < 1.29 is 23.8 Å². The molecular weight excluding hydrogens is 290 g/mol. The molecule has 0 aliphatic heterocycles. The lowest BCUT2D eigenvalue weighted by Crippen LogP contribution is -2.45. The number of esters is 1. The second kappa shape index (κ2) is 7.58. The van der Waals surface area contributed by atoms with Crippen molar-refractivity contribution in [2.45, 2.75) is 38.8 Å². The van der Waals surface area contributed by atoms with Gasteiger partial charge in [-0.2, -0.15) is 0 Å². The van der Waals surface area contributed by atoms with Crippen LogP contribution < -0.4 is 10.1 Å². The van der Waals surface area contributed by atoms with Crippen molar-refractivity contribution in [2.24, 2.45) is 0 Å². The summed E-state index contributed by atoms with van der Waals surface area (Å²) < 4.78 is 14.7. The summed E-state index contributed by atoms with van der Waals surface area (Å²) in [4.78, 5) is 31.7. The van der Waals surface area contributed by atoms with Gasteiger partial charge < -0.3 is 19.5 Å². The van der Waals surface area contributed by atoms with E-state index in [2.05, 4.69) is 20.0 Å². The molecule has 0 saturated heterocycles. The number of hydrogen-bond acceptors (Lipinski definition) is 7. The maximum absolute atomic E-state index is 11.8. The summed E-state index contributed by atoms with van der Waals surface area (Å²) in [7, 11) is 2.72. The number of ether oxygens (including phenoxy) is 3. The largest absolute Gasteiger partial charge is 0.480 e. The highest BCUT2D eigenvalue weighted by Crippen LogP contribution is 2.09. The molecule has 1 rings (SSSR count). The van der Waals surface area contributed by atoms with Crippen LogP contribution in [0.3, 0.4) is 0 Å². The Kier molecular flexibility index (Phi) is 6.09. The van der Waals surface area contributed by atoms with Crippen molar-refractivity contribution in [1.29, 1.82) is 0 Å². The third-order valence-electron chi connectivity index (χ3n) is 2.48. The molecule has 0 unspecified atom stereocenters. The number of aromatic nitrogens is 2. The van der Waals surface area contributed by atoms with E-state index in [0.717, 1.165) is 0 Å². The lowest BCUT2D eigenvalue weighted by atomic mass is 10.1. The topological polar surface area (TPSA) is 99.6 Å². The number of nitrogens with one attached hydrogen (secondary N) is 1. The van der Waals surface area contributed by atoms with Gasteiger partial charge in [0.2, 0.25) is 5.88 Å². The predicted molar refractivity (Wildman–Crippen MR) is 77.5 cm³/mol. The highest BCUT2D eigenvalue weighted by atomic mass is 16.6. The minimum absolute atomic E-state index is 0.128. The van der Waals surface area contributed by atoms with Gasteiger partial charge in [0.25, 0.3) is 0 Å². The van der Waals surface area contributed by atoms with Crippen LogP contribution in [0.1, 0.15) is 26.5 Å². The third kappa shape index (κ3) is 5.94. The Morgan fingerprint density at radius 3 is 2.36 bits per heavy atom. The van der Waals surface area contributed by atoms with Crippen LogP contribution >= 0.6 is 0 Å². The third-order valence-corrected chi connectivity index (χ3v) is 2.48.